The zero-order valence-corrected chi connectivity index (χ0v) is 23.5. The standard InChI is InChI=1S/C30H24ClN5O4S/c1-2-3-15-40-21-13-11-18(12-14-21)27-33-30-36(34-27)29(39)26(41-30)25-22-9-4-5-10-23(22)35(28(25)38)17-24(37)32-20-8-6-7-19(31)16-20/h4-14,16H,2-3,15,17H2,1H3,(H,32,37)/b26-25-. The lowest BCUT2D eigenvalue weighted by Gasteiger charge is -2.16. The van der Waals surface area contributed by atoms with Crippen LogP contribution in [-0.2, 0) is 9.59 Å². The summed E-state index contributed by atoms with van der Waals surface area (Å²) in [5.41, 5.74) is 2.19. The van der Waals surface area contributed by atoms with E-state index in [4.69, 9.17) is 16.3 Å². The minimum absolute atomic E-state index is 0.224. The monoisotopic (exact) mass is 585 g/mol. The molecular weight excluding hydrogens is 562 g/mol. The summed E-state index contributed by atoms with van der Waals surface area (Å²) in [7, 11) is 0. The molecule has 0 spiro atoms. The van der Waals surface area contributed by atoms with Gasteiger partial charge < -0.3 is 10.1 Å². The van der Waals surface area contributed by atoms with Crippen molar-refractivity contribution >= 4 is 56.7 Å². The zero-order chi connectivity index (χ0) is 28.5. The van der Waals surface area contributed by atoms with Crippen LogP contribution in [0.5, 0.6) is 5.75 Å². The quantitative estimate of drug-likeness (QED) is 0.268. The molecule has 6 rings (SSSR count). The molecule has 0 aliphatic carbocycles. The van der Waals surface area contributed by atoms with Gasteiger partial charge in [0.2, 0.25) is 10.9 Å². The Morgan fingerprint density at radius 3 is 2.61 bits per heavy atom. The summed E-state index contributed by atoms with van der Waals surface area (Å²) in [6.45, 7) is 2.53. The van der Waals surface area contributed by atoms with E-state index >= 15 is 0 Å². The van der Waals surface area contributed by atoms with Crippen LogP contribution in [0, 0.1) is 0 Å². The van der Waals surface area contributed by atoms with E-state index in [1.54, 1.807) is 48.5 Å². The topological polar surface area (TPSA) is 106 Å². The van der Waals surface area contributed by atoms with E-state index in [2.05, 4.69) is 22.3 Å². The number of hydrogen-bond acceptors (Lipinski definition) is 7. The molecule has 1 aliphatic rings. The predicted molar refractivity (Wildman–Crippen MR) is 160 cm³/mol. The molecule has 0 atom stereocenters. The average molecular weight is 586 g/mol. The van der Waals surface area contributed by atoms with Crippen LogP contribution in [0.2, 0.25) is 5.02 Å². The zero-order valence-electron chi connectivity index (χ0n) is 22.0. The molecule has 2 aromatic heterocycles. The Labute approximate surface area is 243 Å². The number of ether oxygens (including phenoxy) is 1. The van der Waals surface area contributed by atoms with Gasteiger partial charge in [0, 0.05) is 21.8 Å². The minimum atomic E-state index is -0.438. The maximum atomic E-state index is 13.7. The Morgan fingerprint density at radius 2 is 1.85 bits per heavy atom. The maximum absolute atomic E-state index is 13.7. The molecule has 0 saturated heterocycles. The number of carbonyl (C=O) groups is 2. The molecule has 206 valence electrons. The summed E-state index contributed by atoms with van der Waals surface area (Å²) in [5, 5.41) is 7.68. The number of para-hydroxylation sites is 1. The first-order valence-electron chi connectivity index (χ1n) is 13.1. The second-order valence-electron chi connectivity index (χ2n) is 9.43. The van der Waals surface area contributed by atoms with Crippen LogP contribution in [0.1, 0.15) is 25.3 Å². The van der Waals surface area contributed by atoms with Crippen molar-refractivity contribution in [2.45, 2.75) is 19.8 Å². The summed E-state index contributed by atoms with van der Waals surface area (Å²) in [6, 6.07) is 21.3. The summed E-state index contributed by atoms with van der Waals surface area (Å²) in [4.78, 5) is 46.3. The fourth-order valence-electron chi connectivity index (χ4n) is 4.61. The molecule has 0 fully saturated rings. The van der Waals surface area contributed by atoms with Gasteiger partial charge in [0.15, 0.2) is 5.82 Å². The molecule has 1 N–H and O–H groups in total. The highest BCUT2D eigenvalue weighted by molar-refractivity contribution is 7.15. The third-order valence-electron chi connectivity index (χ3n) is 6.60. The first-order valence-corrected chi connectivity index (χ1v) is 14.3. The van der Waals surface area contributed by atoms with Crippen molar-refractivity contribution in [1.29, 1.82) is 0 Å². The van der Waals surface area contributed by atoms with Gasteiger partial charge in [-0.05, 0) is 55.0 Å². The van der Waals surface area contributed by atoms with Crippen LogP contribution >= 0.6 is 22.9 Å². The van der Waals surface area contributed by atoms with E-state index in [9.17, 15) is 14.4 Å². The third kappa shape index (κ3) is 5.19. The van der Waals surface area contributed by atoms with Gasteiger partial charge in [-0.25, -0.2) is 0 Å². The van der Waals surface area contributed by atoms with Crippen molar-refractivity contribution < 1.29 is 14.3 Å². The molecule has 11 heteroatoms. The smallest absolute Gasteiger partial charge is 0.291 e. The number of rotatable bonds is 8. The Hall–Kier alpha value is -4.54. The lowest BCUT2D eigenvalue weighted by Crippen LogP contribution is -2.37. The van der Waals surface area contributed by atoms with Crippen LogP contribution in [-0.4, -0.2) is 39.6 Å². The molecular formula is C30H24ClN5O4S. The van der Waals surface area contributed by atoms with Gasteiger partial charge in [-0.15, -0.1) is 5.10 Å². The fourth-order valence-corrected chi connectivity index (χ4v) is 5.80. The molecule has 0 radical (unpaired) electrons. The van der Waals surface area contributed by atoms with Crippen LogP contribution < -0.4 is 25.0 Å². The Kier molecular flexibility index (Phi) is 7.25. The number of aromatic nitrogens is 3. The molecule has 3 aromatic carbocycles. The Bertz CT molecular complexity index is 1900. The van der Waals surface area contributed by atoms with Crippen LogP contribution in [0.3, 0.4) is 0 Å². The highest BCUT2D eigenvalue weighted by Crippen LogP contribution is 2.35. The van der Waals surface area contributed by atoms with Crippen molar-refractivity contribution in [3.05, 3.63) is 98.3 Å². The Balaban J connectivity index is 1.31. The summed E-state index contributed by atoms with van der Waals surface area (Å²) < 4.78 is 7.16. The average Bonchev–Trinajstić information content (AvgIpc) is 3.60. The number of thiazole rings is 1. The SMILES string of the molecule is CCCCOc1ccc(-c2nc3s/c(=C4\C(=O)N(CC(=O)Nc5cccc(Cl)c5)c5ccccc54)c(=O)n3n2)cc1. The number of nitrogens with zero attached hydrogens (tertiary/aromatic N) is 4. The number of nitrogens with one attached hydrogen (secondary N) is 1. The van der Waals surface area contributed by atoms with Crippen molar-refractivity contribution in [3.63, 3.8) is 0 Å². The third-order valence-corrected chi connectivity index (χ3v) is 7.86. The molecule has 41 heavy (non-hydrogen) atoms. The molecule has 5 aromatic rings. The summed E-state index contributed by atoms with van der Waals surface area (Å²) in [6.07, 6.45) is 2.04. The van der Waals surface area contributed by atoms with Crippen LogP contribution in [0.4, 0.5) is 11.4 Å². The first kappa shape index (κ1) is 26.7. The van der Waals surface area contributed by atoms with Crippen molar-refractivity contribution in [3.8, 4) is 17.1 Å². The van der Waals surface area contributed by atoms with E-state index < -0.39 is 17.4 Å². The first-order chi connectivity index (χ1) is 19.9. The van der Waals surface area contributed by atoms with E-state index in [1.165, 1.54) is 9.42 Å². The second-order valence-corrected chi connectivity index (χ2v) is 10.8. The Morgan fingerprint density at radius 1 is 1.05 bits per heavy atom. The van der Waals surface area contributed by atoms with Crippen molar-refractivity contribution in [2.24, 2.45) is 0 Å². The predicted octanol–water partition coefficient (Wildman–Crippen LogP) is 4.55. The van der Waals surface area contributed by atoms with Crippen LogP contribution in [0.15, 0.2) is 77.6 Å². The lowest BCUT2D eigenvalue weighted by atomic mass is 10.1. The molecule has 0 bridgehead atoms. The molecule has 2 amide bonds. The minimum Gasteiger partial charge on any atom is -0.494 e. The number of halogens is 1. The van der Waals surface area contributed by atoms with E-state index in [0.717, 1.165) is 35.5 Å². The molecule has 1 aliphatic heterocycles. The van der Waals surface area contributed by atoms with E-state index in [1.807, 2.05) is 24.3 Å². The number of carbonyl (C=O) groups excluding carboxylic acids is 2. The van der Waals surface area contributed by atoms with E-state index in [-0.39, 0.29) is 16.7 Å². The number of anilines is 2. The second kappa shape index (κ2) is 11.1. The summed E-state index contributed by atoms with van der Waals surface area (Å²) in [5.74, 6) is 0.333. The van der Waals surface area contributed by atoms with Crippen LogP contribution in [0.25, 0.3) is 21.9 Å². The van der Waals surface area contributed by atoms with Gasteiger partial charge in [0.05, 0.1) is 17.9 Å². The van der Waals surface area contributed by atoms with Gasteiger partial charge >= 0.3 is 0 Å². The van der Waals surface area contributed by atoms with Gasteiger partial charge in [-0.1, -0.05) is 60.5 Å². The highest BCUT2D eigenvalue weighted by Gasteiger charge is 2.35. The van der Waals surface area contributed by atoms with Gasteiger partial charge in [-0.3, -0.25) is 19.3 Å². The number of amides is 2. The number of unbranched alkanes of at least 4 members (excludes halogenated alkanes) is 1. The molecule has 9 nitrogen and oxygen atoms in total. The van der Waals surface area contributed by atoms with Gasteiger partial charge in [0.1, 0.15) is 16.8 Å². The van der Waals surface area contributed by atoms with Gasteiger partial charge in [-0.2, -0.15) is 9.50 Å². The van der Waals surface area contributed by atoms with Gasteiger partial charge in [0.25, 0.3) is 11.5 Å². The maximum Gasteiger partial charge on any atom is 0.291 e. The number of benzene rings is 3. The number of fused-ring (bicyclic) bond motifs is 2. The molecule has 0 saturated carbocycles. The van der Waals surface area contributed by atoms with Crippen molar-refractivity contribution in [2.75, 3.05) is 23.4 Å². The highest BCUT2D eigenvalue weighted by atomic mass is 35.5. The molecule has 0 unspecified atom stereocenters. The summed E-state index contributed by atoms with van der Waals surface area (Å²) >= 11 is 7.12. The van der Waals surface area contributed by atoms with E-state index in [0.29, 0.717) is 39.4 Å². The largest absolute Gasteiger partial charge is 0.494 e. The molecule has 3 heterocycles. The lowest BCUT2D eigenvalue weighted by molar-refractivity contribution is -0.118. The van der Waals surface area contributed by atoms with Crippen molar-refractivity contribution in [1.82, 2.24) is 14.6 Å². The fraction of sp³-hybridized carbons (Fsp3) is 0.167. The normalized spacial score (nSPS) is 14.0. The number of hydrogen-bond donors (Lipinski definition) is 1.